The molecule has 1 aliphatic rings. The third-order valence-electron chi connectivity index (χ3n) is 4.96. The zero-order valence-corrected chi connectivity index (χ0v) is 16.4. The van der Waals surface area contributed by atoms with Crippen molar-refractivity contribution < 1.29 is 26.4 Å². The van der Waals surface area contributed by atoms with Crippen LogP contribution < -0.4 is 5.32 Å². The number of hydrogen-bond acceptors (Lipinski definition) is 5. The van der Waals surface area contributed by atoms with Gasteiger partial charge in [-0.1, -0.05) is 30.3 Å². The molecular weight excluding hydrogens is 407 g/mol. The van der Waals surface area contributed by atoms with Gasteiger partial charge in [-0.25, -0.2) is 13.4 Å². The molecule has 29 heavy (non-hydrogen) atoms. The second-order valence-electron chi connectivity index (χ2n) is 6.85. The normalized spacial score (nSPS) is 19.1. The average molecular weight is 427 g/mol. The van der Waals surface area contributed by atoms with E-state index in [1.807, 2.05) is 37.3 Å². The zero-order chi connectivity index (χ0) is 21.2. The number of nitrogens with zero attached hydrogens (tertiary/aromatic N) is 2. The summed E-state index contributed by atoms with van der Waals surface area (Å²) < 4.78 is 62.2. The second-order valence-corrected chi connectivity index (χ2v) is 8.70. The average Bonchev–Trinajstić information content (AvgIpc) is 3.15. The van der Waals surface area contributed by atoms with E-state index in [-0.39, 0.29) is 12.1 Å². The van der Waals surface area contributed by atoms with Crippen molar-refractivity contribution in [2.24, 2.45) is 0 Å². The Hall–Kier alpha value is -2.46. The number of carbonyl (C=O) groups is 1. The first-order valence-electron chi connectivity index (χ1n) is 8.97. The van der Waals surface area contributed by atoms with E-state index in [0.717, 1.165) is 17.8 Å². The first-order valence-corrected chi connectivity index (χ1v) is 10.5. The Morgan fingerprint density at radius 3 is 2.55 bits per heavy atom. The van der Waals surface area contributed by atoms with E-state index in [1.165, 1.54) is 6.07 Å². The van der Waals surface area contributed by atoms with Gasteiger partial charge in [0.1, 0.15) is 0 Å². The lowest BCUT2D eigenvalue weighted by atomic mass is 10.1. The monoisotopic (exact) mass is 427 g/mol. The Labute approximate surface area is 166 Å². The number of nitrogens with one attached hydrogen (secondary N) is 1. The Morgan fingerprint density at radius 2 is 1.90 bits per heavy atom. The van der Waals surface area contributed by atoms with Crippen molar-refractivity contribution in [2.75, 3.05) is 13.1 Å². The molecule has 156 valence electrons. The molecule has 3 rings (SSSR count). The number of alkyl halides is 3. The highest BCUT2D eigenvalue weighted by atomic mass is 32.2. The van der Waals surface area contributed by atoms with Crippen LogP contribution in [0.1, 0.15) is 35.3 Å². The van der Waals surface area contributed by atoms with E-state index in [4.69, 9.17) is 0 Å². The number of aromatic nitrogens is 1. The highest BCUT2D eigenvalue weighted by Crippen LogP contribution is 2.31. The molecule has 0 bridgehead atoms. The van der Waals surface area contributed by atoms with E-state index in [2.05, 4.69) is 15.2 Å². The molecule has 2 atom stereocenters. The Kier molecular flexibility index (Phi) is 5.95. The molecule has 0 spiro atoms. The van der Waals surface area contributed by atoms with Gasteiger partial charge in [0.05, 0.1) is 5.56 Å². The number of carbonyl (C=O) groups excluding carboxylic acids is 1. The van der Waals surface area contributed by atoms with E-state index in [9.17, 15) is 26.4 Å². The predicted octanol–water partition coefficient (Wildman–Crippen LogP) is 2.94. The number of amides is 1. The molecule has 1 aromatic heterocycles. The number of hydrogen-bond donors (Lipinski definition) is 1. The van der Waals surface area contributed by atoms with Crippen molar-refractivity contribution in [3.8, 4) is 0 Å². The first-order chi connectivity index (χ1) is 13.6. The fourth-order valence-corrected chi connectivity index (χ4v) is 4.22. The van der Waals surface area contributed by atoms with E-state index >= 15 is 0 Å². The number of likely N-dealkylation sites (tertiary alicyclic amines) is 1. The summed E-state index contributed by atoms with van der Waals surface area (Å²) in [6.07, 6.45) is 1.51. The van der Waals surface area contributed by atoms with Crippen LogP contribution >= 0.6 is 0 Å². The Morgan fingerprint density at radius 1 is 1.21 bits per heavy atom. The summed E-state index contributed by atoms with van der Waals surface area (Å²) in [5, 5.41) is 1.36. The third-order valence-corrected chi connectivity index (χ3v) is 6.40. The SMILES string of the molecule is CC(c1ccccc1)N1CCC(NC(=O)c2cccnc2S(=O)(=O)C(F)(F)F)C1. The summed E-state index contributed by atoms with van der Waals surface area (Å²) in [4.78, 5) is 18.0. The van der Waals surface area contributed by atoms with Crippen molar-refractivity contribution in [3.05, 3.63) is 59.8 Å². The van der Waals surface area contributed by atoms with Gasteiger partial charge in [0.15, 0.2) is 5.03 Å². The summed E-state index contributed by atoms with van der Waals surface area (Å²) in [5.41, 5.74) is -5.03. The van der Waals surface area contributed by atoms with Gasteiger partial charge in [-0.15, -0.1) is 0 Å². The lowest BCUT2D eigenvalue weighted by Crippen LogP contribution is -2.38. The number of rotatable bonds is 5. The minimum atomic E-state index is -5.73. The summed E-state index contributed by atoms with van der Waals surface area (Å²) in [5.74, 6) is -0.889. The first kappa shape index (κ1) is 21.3. The molecule has 1 saturated heterocycles. The number of benzene rings is 1. The maximum atomic E-state index is 12.9. The van der Waals surface area contributed by atoms with Gasteiger partial charge in [-0.3, -0.25) is 9.69 Å². The predicted molar refractivity (Wildman–Crippen MR) is 99.8 cm³/mol. The molecule has 1 fully saturated rings. The maximum absolute atomic E-state index is 12.9. The number of sulfone groups is 1. The molecule has 1 amide bonds. The molecule has 0 radical (unpaired) electrons. The van der Waals surface area contributed by atoms with Crippen LogP contribution in [0, 0.1) is 0 Å². The van der Waals surface area contributed by atoms with Gasteiger partial charge in [-0.2, -0.15) is 13.2 Å². The third kappa shape index (κ3) is 4.43. The molecule has 6 nitrogen and oxygen atoms in total. The second kappa shape index (κ2) is 8.11. The molecule has 2 unspecified atom stereocenters. The molecule has 2 heterocycles. The quantitative estimate of drug-likeness (QED) is 0.794. The molecule has 1 aromatic carbocycles. The molecule has 10 heteroatoms. The van der Waals surface area contributed by atoms with Crippen LogP contribution in [0.3, 0.4) is 0 Å². The smallest absolute Gasteiger partial charge is 0.348 e. The standard InChI is InChI=1S/C19H20F3N3O3S/c1-13(14-6-3-2-4-7-14)25-11-9-15(12-25)24-17(26)16-8-5-10-23-18(16)29(27,28)19(20,21)22/h2-8,10,13,15H,9,11-12H2,1H3,(H,24,26). The van der Waals surface area contributed by atoms with Crippen LogP contribution in [-0.2, 0) is 9.84 Å². The maximum Gasteiger partial charge on any atom is 0.503 e. The molecule has 2 aromatic rings. The van der Waals surface area contributed by atoms with Crippen LogP contribution in [0.2, 0.25) is 0 Å². The minimum absolute atomic E-state index is 0.109. The van der Waals surface area contributed by atoms with Crippen LogP contribution in [0.5, 0.6) is 0 Å². The highest BCUT2D eigenvalue weighted by molar-refractivity contribution is 7.92. The summed E-state index contributed by atoms with van der Waals surface area (Å²) >= 11 is 0. The van der Waals surface area contributed by atoms with Gasteiger partial charge < -0.3 is 5.32 Å². The summed E-state index contributed by atoms with van der Waals surface area (Å²) in [6.45, 7) is 3.24. The molecule has 0 aliphatic carbocycles. The molecule has 1 aliphatic heterocycles. The summed E-state index contributed by atoms with van der Waals surface area (Å²) in [6, 6.07) is 11.8. The number of pyridine rings is 1. The topological polar surface area (TPSA) is 79.4 Å². The molecule has 0 saturated carbocycles. The fraction of sp³-hybridized carbons (Fsp3) is 0.368. The highest BCUT2D eigenvalue weighted by Gasteiger charge is 2.49. The van der Waals surface area contributed by atoms with E-state index in [1.54, 1.807) is 0 Å². The Balaban J connectivity index is 1.73. The van der Waals surface area contributed by atoms with Gasteiger partial charge in [-0.05, 0) is 31.0 Å². The molecule has 1 N–H and O–H groups in total. The van der Waals surface area contributed by atoms with Crippen molar-refractivity contribution in [1.29, 1.82) is 0 Å². The van der Waals surface area contributed by atoms with Gasteiger partial charge >= 0.3 is 5.51 Å². The Bertz CT molecular complexity index is 981. The van der Waals surface area contributed by atoms with Gasteiger partial charge in [0.2, 0.25) is 0 Å². The van der Waals surface area contributed by atoms with E-state index in [0.29, 0.717) is 19.5 Å². The number of halogens is 3. The van der Waals surface area contributed by atoms with Crippen molar-refractivity contribution >= 4 is 15.7 Å². The largest absolute Gasteiger partial charge is 0.503 e. The van der Waals surface area contributed by atoms with Crippen molar-refractivity contribution in [3.63, 3.8) is 0 Å². The fourth-order valence-electron chi connectivity index (χ4n) is 3.35. The zero-order valence-electron chi connectivity index (χ0n) is 15.6. The van der Waals surface area contributed by atoms with Gasteiger partial charge in [0, 0.05) is 31.4 Å². The van der Waals surface area contributed by atoms with Crippen LogP contribution in [0.25, 0.3) is 0 Å². The minimum Gasteiger partial charge on any atom is -0.348 e. The summed E-state index contributed by atoms with van der Waals surface area (Å²) in [7, 11) is -5.73. The van der Waals surface area contributed by atoms with Crippen LogP contribution in [0.15, 0.2) is 53.7 Å². The van der Waals surface area contributed by atoms with Crippen molar-refractivity contribution in [2.45, 2.75) is 36.0 Å². The van der Waals surface area contributed by atoms with Gasteiger partial charge in [0.25, 0.3) is 15.7 Å². The molecular formula is C19H20F3N3O3S. The lowest BCUT2D eigenvalue weighted by Gasteiger charge is -2.25. The van der Waals surface area contributed by atoms with Crippen LogP contribution in [-0.4, -0.2) is 48.8 Å². The van der Waals surface area contributed by atoms with Crippen molar-refractivity contribution in [1.82, 2.24) is 15.2 Å². The van der Waals surface area contributed by atoms with Crippen LogP contribution in [0.4, 0.5) is 13.2 Å². The van der Waals surface area contributed by atoms with E-state index < -0.39 is 31.8 Å². The lowest BCUT2D eigenvalue weighted by molar-refractivity contribution is -0.0438.